The molecule has 0 spiro atoms. The highest BCUT2D eigenvalue weighted by atomic mass is 16.6. The zero-order chi connectivity index (χ0) is 10.7. The number of nitrogens with zero attached hydrogens (tertiary/aromatic N) is 1. The zero-order valence-corrected chi connectivity index (χ0v) is 8.40. The van der Waals surface area contributed by atoms with Crippen LogP contribution >= 0.6 is 0 Å². The number of aliphatic carboxylic acids is 1. The lowest BCUT2D eigenvalue weighted by molar-refractivity contribution is -0.149. The number of rotatable bonds is 3. The van der Waals surface area contributed by atoms with Gasteiger partial charge in [-0.1, -0.05) is 13.8 Å². The largest absolute Gasteiger partial charge is 0.479 e. The Morgan fingerprint density at radius 1 is 1.71 bits per heavy atom. The SMILES string of the molecule is CC(C)CN1CCC(C(=O)O)OC1=O. The fraction of sp³-hybridized carbons (Fsp3) is 0.778. The van der Waals surface area contributed by atoms with E-state index in [4.69, 9.17) is 9.84 Å². The molecule has 1 saturated heterocycles. The summed E-state index contributed by atoms with van der Waals surface area (Å²) >= 11 is 0. The number of cyclic esters (lactones) is 1. The van der Waals surface area contributed by atoms with Gasteiger partial charge in [0.15, 0.2) is 0 Å². The fourth-order valence-corrected chi connectivity index (χ4v) is 1.40. The lowest BCUT2D eigenvalue weighted by Gasteiger charge is -2.30. The number of ether oxygens (including phenoxy) is 1. The Balaban J connectivity index is 2.48. The minimum atomic E-state index is -1.07. The van der Waals surface area contributed by atoms with E-state index in [1.54, 1.807) is 4.90 Å². The molecule has 14 heavy (non-hydrogen) atoms. The molecule has 1 aliphatic rings. The van der Waals surface area contributed by atoms with E-state index in [1.807, 2.05) is 13.8 Å². The zero-order valence-electron chi connectivity index (χ0n) is 8.40. The maximum Gasteiger partial charge on any atom is 0.410 e. The van der Waals surface area contributed by atoms with E-state index in [2.05, 4.69) is 0 Å². The number of amides is 1. The van der Waals surface area contributed by atoms with E-state index in [1.165, 1.54) is 0 Å². The molecule has 80 valence electrons. The van der Waals surface area contributed by atoms with Crippen LogP contribution in [0.1, 0.15) is 20.3 Å². The summed E-state index contributed by atoms with van der Waals surface area (Å²) in [5.74, 6) is -0.702. The van der Waals surface area contributed by atoms with Crippen molar-refractivity contribution < 1.29 is 19.4 Å². The lowest BCUT2D eigenvalue weighted by Crippen LogP contribution is -2.46. The maximum absolute atomic E-state index is 11.3. The fourth-order valence-electron chi connectivity index (χ4n) is 1.40. The monoisotopic (exact) mass is 201 g/mol. The standard InChI is InChI=1S/C9H15NO4/c1-6(2)5-10-4-3-7(8(11)12)14-9(10)13/h6-7H,3-5H2,1-2H3,(H,11,12). The average molecular weight is 201 g/mol. The first-order valence-electron chi connectivity index (χ1n) is 4.69. The predicted molar refractivity (Wildman–Crippen MR) is 48.9 cm³/mol. The number of hydrogen-bond acceptors (Lipinski definition) is 3. The van der Waals surface area contributed by atoms with Gasteiger partial charge in [0.1, 0.15) is 0 Å². The van der Waals surface area contributed by atoms with E-state index in [9.17, 15) is 9.59 Å². The van der Waals surface area contributed by atoms with Crippen molar-refractivity contribution in [3.05, 3.63) is 0 Å². The summed E-state index contributed by atoms with van der Waals surface area (Å²) in [6.07, 6.45) is -1.11. The Kier molecular flexibility index (Phi) is 3.33. The van der Waals surface area contributed by atoms with E-state index in [-0.39, 0.29) is 0 Å². The molecule has 1 N–H and O–H groups in total. The molecule has 1 heterocycles. The molecule has 0 bridgehead atoms. The lowest BCUT2D eigenvalue weighted by atomic mass is 10.1. The Hall–Kier alpha value is -1.26. The molecule has 1 unspecified atom stereocenters. The Morgan fingerprint density at radius 2 is 2.36 bits per heavy atom. The van der Waals surface area contributed by atoms with Gasteiger partial charge in [0, 0.05) is 19.5 Å². The second-order valence-electron chi connectivity index (χ2n) is 3.84. The van der Waals surface area contributed by atoms with Crippen LogP contribution in [0.15, 0.2) is 0 Å². The van der Waals surface area contributed by atoms with Crippen molar-refractivity contribution >= 4 is 12.1 Å². The van der Waals surface area contributed by atoms with E-state index in [0.29, 0.717) is 25.4 Å². The van der Waals surface area contributed by atoms with Crippen LogP contribution in [0.25, 0.3) is 0 Å². The molecule has 1 amide bonds. The molecule has 0 radical (unpaired) electrons. The van der Waals surface area contributed by atoms with Crippen LogP contribution in [-0.2, 0) is 9.53 Å². The molecule has 5 heteroatoms. The van der Waals surface area contributed by atoms with Crippen LogP contribution < -0.4 is 0 Å². The van der Waals surface area contributed by atoms with Gasteiger partial charge in [-0.2, -0.15) is 0 Å². The van der Waals surface area contributed by atoms with Crippen molar-refractivity contribution in [3.63, 3.8) is 0 Å². The topological polar surface area (TPSA) is 66.8 Å². The van der Waals surface area contributed by atoms with Crippen LogP contribution in [0.2, 0.25) is 0 Å². The van der Waals surface area contributed by atoms with Gasteiger partial charge < -0.3 is 14.7 Å². The predicted octanol–water partition coefficient (Wildman–Crippen LogP) is 0.938. The van der Waals surface area contributed by atoms with Crippen molar-refractivity contribution in [1.29, 1.82) is 0 Å². The molecule has 0 saturated carbocycles. The van der Waals surface area contributed by atoms with Gasteiger partial charge in [-0.05, 0) is 5.92 Å². The molecule has 1 atom stereocenters. The average Bonchev–Trinajstić information content (AvgIpc) is 2.07. The van der Waals surface area contributed by atoms with E-state index < -0.39 is 18.2 Å². The Bertz CT molecular complexity index is 239. The summed E-state index contributed by atoms with van der Waals surface area (Å²) in [6.45, 7) is 5.08. The van der Waals surface area contributed by atoms with Crippen molar-refractivity contribution in [2.24, 2.45) is 5.92 Å². The molecule has 5 nitrogen and oxygen atoms in total. The molecule has 1 fully saturated rings. The Morgan fingerprint density at radius 3 is 2.79 bits per heavy atom. The van der Waals surface area contributed by atoms with Gasteiger partial charge in [0.05, 0.1) is 0 Å². The summed E-state index contributed by atoms with van der Waals surface area (Å²) in [7, 11) is 0. The number of hydrogen-bond donors (Lipinski definition) is 1. The van der Waals surface area contributed by atoms with Gasteiger partial charge >= 0.3 is 12.1 Å². The maximum atomic E-state index is 11.3. The Labute approximate surface area is 82.6 Å². The summed E-state index contributed by atoms with van der Waals surface area (Å²) < 4.78 is 4.75. The number of carboxylic acid groups (broad SMARTS) is 1. The second-order valence-corrected chi connectivity index (χ2v) is 3.84. The van der Waals surface area contributed by atoms with Crippen molar-refractivity contribution in [1.82, 2.24) is 4.90 Å². The highest BCUT2D eigenvalue weighted by molar-refractivity contribution is 5.78. The van der Waals surface area contributed by atoms with Crippen LogP contribution in [0.5, 0.6) is 0 Å². The molecule has 0 aromatic carbocycles. The van der Waals surface area contributed by atoms with Crippen LogP contribution in [0, 0.1) is 5.92 Å². The third-order valence-electron chi connectivity index (χ3n) is 2.02. The molecule has 0 aliphatic carbocycles. The molecular weight excluding hydrogens is 186 g/mol. The first-order chi connectivity index (χ1) is 6.50. The van der Waals surface area contributed by atoms with Crippen molar-refractivity contribution in [3.8, 4) is 0 Å². The first kappa shape index (κ1) is 10.8. The van der Waals surface area contributed by atoms with Crippen LogP contribution in [-0.4, -0.2) is 41.3 Å². The molecule has 1 rings (SSSR count). The number of carboxylic acids is 1. The third-order valence-corrected chi connectivity index (χ3v) is 2.02. The van der Waals surface area contributed by atoms with Gasteiger partial charge in [-0.15, -0.1) is 0 Å². The summed E-state index contributed by atoms with van der Waals surface area (Å²) in [5, 5.41) is 8.63. The summed E-state index contributed by atoms with van der Waals surface area (Å²) in [4.78, 5) is 23.4. The van der Waals surface area contributed by atoms with Gasteiger partial charge in [0.2, 0.25) is 6.10 Å². The third kappa shape index (κ3) is 2.61. The van der Waals surface area contributed by atoms with Crippen molar-refractivity contribution in [2.75, 3.05) is 13.1 Å². The van der Waals surface area contributed by atoms with Crippen molar-refractivity contribution in [2.45, 2.75) is 26.4 Å². The molecule has 0 aromatic rings. The van der Waals surface area contributed by atoms with Gasteiger partial charge in [-0.25, -0.2) is 9.59 Å². The molecule has 1 aliphatic heterocycles. The second kappa shape index (κ2) is 4.30. The van der Waals surface area contributed by atoms with E-state index >= 15 is 0 Å². The highest BCUT2D eigenvalue weighted by Crippen LogP contribution is 2.13. The number of carbonyl (C=O) groups is 2. The minimum Gasteiger partial charge on any atom is -0.479 e. The molecular formula is C9H15NO4. The quantitative estimate of drug-likeness (QED) is 0.737. The first-order valence-corrected chi connectivity index (χ1v) is 4.69. The molecule has 0 aromatic heterocycles. The highest BCUT2D eigenvalue weighted by Gasteiger charge is 2.31. The van der Waals surface area contributed by atoms with Crippen LogP contribution in [0.3, 0.4) is 0 Å². The minimum absolute atomic E-state index is 0.365. The van der Waals surface area contributed by atoms with Gasteiger partial charge in [-0.3, -0.25) is 0 Å². The normalized spacial score (nSPS) is 22.4. The summed E-state index contributed by atoms with van der Waals surface area (Å²) in [5.41, 5.74) is 0. The van der Waals surface area contributed by atoms with Crippen LogP contribution in [0.4, 0.5) is 4.79 Å². The smallest absolute Gasteiger partial charge is 0.410 e. The van der Waals surface area contributed by atoms with E-state index in [0.717, 1.165) is 0 Å². The number of carbonyl (C=O) groups excluding carboxylic acids is 1. The summed E-state index contributed by atoms with van der Waals surface area (Å²) in [6, 6.07) is 0. The van der Waals surface area contributed by atoms with Gasteiger partial charge in [0.25, 0.3) is 0 Å².